The average molecular weight is 442 g/mol. The molecular weight excluding hydrogens is 424 g/mol. The monoisotopic (exact) mass is 442 g/mol. The van der Waals surface area contributed by atoms with Gasteiger partial charge in [0.05, 0.1) is 33.2 Å². The quantitative estimate of drug-likeness (QED) is 0.352. The van der Waals surface area contributed by atoms with Crippen LogP contribution in [0.1, 0.15) is 11.3 Å². The fourth-order valence-corrected chi connectivity index (χ4v) is 3.49. The average Bonchev–Trinajstić information content (AvgIpc) is 2.77. The molecule has 0 aliphatic rings. The Morgan fingerprint density at radius 2 is 1.69 bits per heavy atom. The van der Waals surface area contributed by atoms with Crippen LogP contribution in [0.25, 0.3) is 22.0 Å². The van der Waals surface area contributed by atoms with Crippen molar-refractivity contribution in [2.75, 3.05) is 14.1 Å². The van der Waals surface area contributed by atoms with E-state index in [4.69, 9.17) is 27.3 Å². The van der Waals surface area contributed by atoms with Crippen molar-refractivity contribution in [3.05, 3.63) is 93.2 Å². The van der Waals surface area contributed by atoms with Gasteiger partial charge in [-0.15, -0.1) is 0 Å². The SMILES string of the molecule is [B]C([B])(c1ccc(-c2nn(Cc3ccc(Cl)cc3)c(=O)c3ccccc23)c(F)n1)N(C)C. The summed E-state index contributed by atoms with van der Waals surface area (Å²) in [5.74, 6) is -0.779. The van der Waals surface area contributed by atoms with Gasteiger partial charge in [0.15, 0.2) is 0 Å². The minimum Gasteiger partial charge on any atom is -0.315 e. The van der Waals surface area contributed by atoms with E-state index in [0.29, 0.717) is 21.5 Å². The van der Waals surface area contributed by atoms with Gasteiger partial charge in [-0.3, -0.25) is 4.79 Å². The Hall–Kier alpha value is -2.96. The summed E-state index contributed by atoms with van der Waals surface area (Å²) in [5.41, 5.74) is 1.17. The zero-order valence-electron chi connectivity index (χ0n) is 17.6. The lowest BCUT2D eigenvalue weighted by molar-refractivity contribution is 0.333. The molecule has 0 unspecified atom stereocenters. The molecule has 32 heavy (non-hydrogen) atoms. The highest BCUT2D eigenvalue weighted by atomic mass is 35.5. The molecule has 2 aromatic carbocycles. The summed E-state index contributed by atoms with van der Waals surface area (Å²) in [4.78, 5) is 18.6. The van der Waals surface area contributed by atoms with Crippen molar-refractivity contribution in [1.29, 1.82) is 0 Å². The van der Waals surface area contributed by atoms with E-state index in [1.165, 1.54) is 15.6 Å². The molecule has 4 radical (unpaired) electrons. The Morgan fingerprint density at radius 1 is 1.03 bits per heavy atom. The van der Waals surface area contributed by atoms with E-state index in [2.05, 4.69) is 10.1 Å². The molecule has 0 saturated carbocycles. The van der Waals surface area contributed by atoms with Gasteiger partial charge in [-0.05, 0) is 55.3 Å². The first-order valence-electron chi connectivity index (χ1n) is 9.85. The van der Waals surface area contributed by atoms with Crippen LogP contribution in [-0.2, 0) is 11.9 Å². The summed E-state index contributed by atoms with van der Waals surface area (Å²) < 4.78 is 16.5. The zero-order chi connectivity index (χ0) is 23.0. The largest absolute Gasteiger partial charge is 0.315 e. The van der Waals surface area contributed by atoms with Gasteiger partial charge in [-0.1, -0.05) is 41.9 Å². The van der Waals surface area contributed by atoms with Gasteiger partial charge in [0.25, 0.3) is 5.56 Å². The molecule has 0 N–H and O–H groups in total. The molecule has 0 fully saturated rings. The third kappa shape index (κ3) is 4.08. The lowest BCUT2D eigenvalue weighted by Crippen LogP contribution is -2.43. The number of halogens is 2. The number of fused-ring (bicyclic) bond motifs is 1. The Labute approximate surface area is 192 Å². The fourth-order valence-electron chi connectivity index (χ4n) is 3.37. The highest BCUT2D eigenvalue weighted by Crippen LogP contribution is 2.28. The van der Waals surface area contributed by atoms with Gasteiger partial charge in [0.1, 0.15) is 5.69 Å². The number of benzene rings is 2. The first kappa shape index (κ1) is 22.2. The molecule has 5 nitrogen and oxygen atoms in total. The summed E-state index contributed by atoms with van der Waals surface area (Å²) in [6.07, 6.45) is 0. The molecule has 4 rings (SSSR count). The highest BCUT2D eigenvalue weighted by Gasteiger charge is 2.25. The molecule has 0 atom stereocenters. The van der Waals surface area contributed by atoms with Gasteiger partial charge in [-0.2, -0.15) is 9.49 Å². The van der Waals surface area contributed by atoms with Crippen LogP contribution in [-0.4, -0.2) is 49.5 Å². The summed E-state index contributed by atoms with van der Waals surface area (Å²) in [6.45, 7) is 0.205. The van der Waals surface area contributed by atoms with E-state index in [9.17, 15) is 4.79 Å². The predicted molar refractivity (Wildman–Crippen MR) is 127 cm³/mol. The summed E-state index contributed by atoms with van der Waals surface area (Å²) in [5, 5.41) is 4.60. The molecular formula is C23H18B2ClFN4O. The summed E-state index contributed by atoms with van der Waals surface area (Å²) in [6, 6.07) is 17.1. The van der Waals surface area contributed by atoms with Crippen molar-refractivity contribution in [2.24, 2.45) is 0 Å². The number of nitrogens with zero attached hydrogens (tertiary/aromatic N) is 4. The van der Waals surface area contributed by atoms with Gasteiger partial charge in [-0.25, -0.2) is 9.67 Å². The second-order valence-corrected chi connectivity index (χ2v) is 8.17. The van der Waals surface area contributed by atoms with Crippen molar-refractivity contribution in [3.63, 3.8) is 0 Å². The minimum atomic E-state index is -1.44. The van der Waals surface area contributed by atoms with Crippen LogP contribution in [0.5, 0.6) is 0 Å². The van der Waals surface area contributed by atoms with Crippen molar-refractivity contribution in [2.45, 2.75) is 11.9 Å². The molecule has 9 heteroatoms. The van der Waals surface area contributed by atoms with Gasteiger partial charge < -0.3 is 4.90 Å². The lowest BCUT2D eigenvalue weighted by atomic mass is 9.59. The smallest absolute Gasteiger partial charge is 0.274 e. The Bertz CT molecular complexity index is 1360. The summed E-state index contributed by atoms with van der Waals surface area (Å²) in [7, 11) is 15.5. The lowest BCUT2D eigenvalue weighted by Gasteiger charge is -2.33. The van der Waals surface area contributed by atoms with Crippen LogP contribution in [0.4, 0.5) is 4.39 Å². The third-order valence-electron chi connectivity index (χ3n) is 5.37. The van der Waals surface area contributed by atoms with E-state index >= 15 is 4.39 Å². The molecule has 2 aromatic heterocycles. The van der Waals surface area contributed by atoms with Gasteiger partial charge in [0, 0.05) is 16.1 Å². The van der Waals surface area contributed by atoms with E-state index in [-0.39, 0.29) is 23.4 Å². The Balaban J connectivity index is 1.88. The topological polar surface area (TPSA) is 51.0 Å². The molecule has 156 valence electrons. The molecule has 0 spiro atoms. The zero-order valence-corrected chi connectivity index (χ0v) is 18.3. The highest BCUT2D eigenvalue weighted by molar-refractivity contribution is 6.39. The predicted octanol–water partition coefficient (Wildman–Crippen LogP) is 3.31. The van der Waals surface area contributed by atoms with Crippen molar-refractivity contribution < 1.29 is 4.39 Å². The fraction of sp³-hybridized carbons (Fsp3) is 0.174. The maximum Gasteiger partial charge on any atom is 0.274 e. The first-order valence-corrected chi connectivity index (χ1v) is 10.2. The molecule has 0 bridgehead atoms. The molecule has 0 saturated heterocycles. The van der Waals surface area contributed by atoms with Crippen LogP contribution >= 0.6 is 11.6 Å². The van der Waals surface area contributed by atoms with Crippen molar-refractivity contribution in [1.82, 2.24) is 19.7 Å². The Morgan fingerprint density at radius 3 is 2.31 bits per heavy atom. The third-order valence-corrected chi connectivity index (χ3v) is 5.62. The Kier molecular flexibility index (Phi) is 5.93. The number of hydrogen-bond acceptors (Lipinski definition) is 4. The number of aromatic nitrogens is 3. The van der Waals surface area contributed by atoms with Gasteiger partial charge >= 0.3 is 0 Å². The minimum absolute atomic E-state index is 0.143. The molecule has 0 amide bonds. The standard InChI is InChI=1S/C23H18B2ClFN4O/c1-30(2)23(24,25)19-12-11-18(21(27)28-19)20-16-5-3-4-6-17(16)22(32)31(29-20)13-14-7-9-15(26)10-8-14/h3-12H,13H2,1-2H3. The maximum atomic E-state index is 15.2. The number of rotatable bonds is 5. The summed E-state index contributed by atoms with van der Waals surface area (Å²) >= 11 is 5.96. The molecule has 0 aliphatic heterocycles. The molecule has 0 aliphatic carbocycles. The normalized spacial score (nSPS) is 11.9. The van der Waals surface area contributed by atoms with Crippen molar-refractivity contribution >= 4 is 38.1 Å². The van der Waals surface area contributed by atoms with Crippen LogP contribution in [0.3, 0.4) is 0 Å². The second kappa shape index (κ2) is 8.52. The first-order chi connectivity index (χ1) is 15.2. The number of pyridine rings is 1. The molecule has 4 aromatic rings. The van der Waals surface area contributed by atoms with E-state index in [0.717, 1.165) is 5.56 Å². The maximum absolute atomic E-state index is 15.2. The van der Waals surface area contributed by atoms with Crippen LogP contribution in [0.2, 0.25) is 5.02 Å². The van der Waals surface area contributed by atoms with Crippen molar-refractivity contribution in [3.8, 4) is 11.3 Å². The second-order valence-electron chi connectivity index (χ2n) is 7.74. The van der Waals surface area contributed by atoms with Crippen LogP contribution in [0, 0.1) is 5.95 Å². The van der Waals surface area contributed by atoms with Crippen LogP contribution in [0.15, 0.2) is 65.5 Å². The number of hydrogen-bond donors (Lipinski definition) is 0. The molecule has 2 heterocycles. The van der Waals surface area contributed by atoms with Crippen LogP contribution < -0.4 is 5.56 Å². The van der Waals surface area contributed by atoms with Gasteiger partial charge in [0.2, 0.25) is 5.95 Å². The van der Waals surface area contributed by atoms with E-state index < -0.39 is 11.3 Å². The van der Waals surface area contributed by atoms with E-state index in [1.807, 2.05) is 12.1 Å². The van der Waals surface area contributed by atoms with E-state index in [1.54, 1.807) is 56.6 Å².